The van der Waals surface area contributed by atoms with Gasteiger partial charge in [-0.05, 0) is 44.9 Å². The Labute approximate surface area is 167 Å². The van der Waals surface area contributed by atoms with Crippen molar-refractivity contribution in [2.45, 2.75) is 39.9 Å². The van der Waals surface area contributed by atoms with E-state index in [0.717, 1.165) is 17.7 Å². The van der Waals surface area contributed by atoms with Crippen molar-refractivity contribution in [1.29, 1.82) is 0 Å². The fraction of sp³-hybridized carbons (Fsp3) is 0.435. The van der Waals surface area contributed by atoms with E-state index in [1.165, 1.54) is 17.2 Å². The van der Waals surface area contributed by atoms with Crippen molar-refractivity contribution < 1.29 is 13.9 Å². The number of hydrogen-bond donors (Lipinski definition) is 0. The van der Waals surface area contributed by atoms with Gasteiger partial charge in [0.2, 0.25) is 0 Å². The van der Waals surface area contributed by atoms with Gasteiger partial charge >= 0.3 is 0 Å². The highest BCUT2D eigenvalue weighted by Gasteiger charge is 2.44. The summed E-state index contributed by atoms with van der Waals surface area (Å²) in [5.41, 5.74) is 4.82. The maximum atomic E-state index is 15.0. The highest BCUT2D eigenvalue weighted by atomic mass is 19.1. The quantitative estimate of drug-likeness (QED) is 0.508. The van der Waals surface area contributed by atoms with E-state index in [1.54, 1.807) is 6.34 Å². The van der Waals surface area contributed by atoms with E-state index in [0.29, 0.717) is 31.1 Å². The molecule has 0 aromatic heterocycles. The largest absolute Gasteiger partial charge is 0.375 e. The van der Waals surface area contributed by atoms with Crippen LogP contribution in [0, 0.1) is 26.6 Å². The lowest BCUT2D eigenvalue weighted by Gasteiger charge is -2.42. The molecule has 4 nitrogen and oxygen atoms in total. The van der Waals surface area contributed by atoms with Gasteiger partial charge in [-0.2, -0.15) is 0 Å². The number of rotatable bonds is 7. The monoisotopic (exact) mass is 384 g/mol. The number of aliphatic imine (C=N–C) groups is 1. The van der Waals surface area contributed by atoms with Crippen molar-refractivity contribution in [2.24, 2.45) is 4.99 Å². The first-order chi connectivity index (χ1) is 13.3. The van der Waals surface area contributed by atoms with Crippen LogP contribution in [0.25, 0.3) is 0 Å². The number of halogens is 1. The van der Waals surface area contributed by atoms with Gasteiger partial charge in [0.25, 0.3) is 0 Å². The molecule has 0 saturated carbocycles. The first-order valence-electron chi connectivity index (χ1n) is 9.67. The molecule has 0 radical (unpaired) electrons. The summed E-state index contributed by atoms with van der Waals surface area (Å²) in [4.78, 5) is 6.35. The Kier molecular flexibility index (Phi) is 6.16. The molecular weight excluding hydrogens is 355 g/mol. The van der Waals surface area contributed by atoms with Gasteiger partial charge < -0.3 is 14.4 Å². The van der Waals surface area contributed by atoms with E-state index in [1.807, 2.05) is 31.9 Å². The zero-order valence-corrected chi connectivity index (χ0v) is 17.4. The summed E-state index contributed by atoms with van der Waals surface area (Å²) in [5.74, 6) is -0.305. The molecule has 1 heterocycles. The third kappa shape index (κ3) is 4.42. The smallest absolute Gasteiger partial charge is 0.143 e. The molecule has 1 aliphatic rings. The van der Waals surface area contributed by atoms with Crippen LogP contribution in [0.1, 0.15) is 34.7 Å². The molecule has 5 heteroatoms. The van der Waals surface area contributed by atoms with E-state index in [2.05, 4.69) is 37.0 Å². The summed E-state index contributed by atoms with van der Waals surface area (Å²) in [5, 5.41) is 0. The molecule has 2 aromatic rings. The predicted molar refractivity (Wildman–Crippen MR) is 111 cm³/mol. The molecule has 0 amide bonds. The number of aryl methyl sites for hydroxylation is 3. The Balaban J connectivity index is 1.83. The molecule has 0 bridgehead atoms. The lowest BCUT2D eigenvalue weighted by molar-refractivity contribution is -0.224. The molecule has 28 heavy (non-hydrogen) atoms. The van der Waals surface area contributed by atoms with Gasteiger partial charge in [-0.25, -0.2) is 9.38 Å². The minimum atomic E-state index is -0.741. The second-order valence-electron chi connectivity index (χ2n) is 7.71. The molecule has 150 valence electrons. The van der Waals surface area contributed by atoms with Crippen LogP contribution in [0.3, 0.4) is 0 Å². The molecule has 0 atom stereocenters. The van der Waals surface area contributed by atoms with Crippen LogP contribution in [0.2, 0.25) is 0 Å². The van der Waals surface area contributed by atoms with Crippen LogP contribution in [0.5, 0.6) is 0 Å². The number of nitrogens with zero attached hydrogens (tertiary/aromatic N) is 2. The minimum absolute atomic E-state index is 0.305. The summed E-state index contributed by atoms with van der Waals surface area (Å²) in [6.45, 7) is 10.1. The molecule has 0 unspecified atom stereocenters. The molecule has 1 aliphatic heterocycles. The van der Waals surface area contributed by atoms with Gasteiger partial charge in [-0.3, -0.25) is 0 Å². The van der Waals surface area contributed by atoms with E-state index >= 15 is 0 Å². The summed E-state index contributed by atoms with van der Waals surface area (Å²) >= 11 is 0. The van der Waals surface area contributed by atoms with Crippen LogP contribution in [-0.4, -0.2) is 38.0 Å². The van der Waals surface area contributed by atoms with Crippen molar-refractivity contribution in [2.75, 3.05) is 26.8 Å². The second-order valence-corrected chi connectivity index (χ2v) is 7.71. The molecule has 1 saturated heterocycles. The standard InChI is InChI=1S/C23H29FN2O2/c1-6-26(5)15-25-22-11-21(24)20(10-18(22)4)23(13-27-14-23)28-12-19-8-16(2)7-17(3)9-19/h7-11,15H,6,12-14H2,1-5H3. The van der Waals surface area contributed by atoms with E-state index in [9.17, 15) is 4.39 Å². The van der Waals surface area contributed by atoms with Crippen LogP contribution < -0.4 is 0 Å². The van der Waals surface area contributed by atoms with Gasteiger partial charge in [0.05, 0.1) is 31.8 Å². The molecule has 0 aliphatic carbocycles. The van der Waals surface area contributed by atoms with Crippen molar-refractivity contribution in [1.82, 2.24) is 4.90 Å². The van der Waals surface area contributed by atoms with Gasteiger partial charge in [-0.15, -0.1) is 0 Å². The summed E-state index contributed by atoms with van der Waals surface area (Å²) < 4.78 is 26.6. The molecule has 3 rings (SSSR count). The average Bonchev–Trinajstić information content (AvgIpc) is 2.60. The predicted octanol–water partition coefficient (Wildman–Crippen LogP) is 4.80. The van der Waals surface area contributed by atoms with Crippen LogP contribution >= 0.6 is 0 Å². The number of benzene rings is 2. The SMILES string of the molecule is CCN(C)C=Nc1cc(F)c(C2(OCc3cc(C)cc(C)c3)COC2)cc1C. The number of ether oxygens (including phenoxy) is 2. The lowest BCUT2D eigenvalue weighted by Crippen LogP contribution is -2.49. The van der Waals surface area contributed by atoms with Crippen molar-refractivity contribution >= 4 is 12.0 Å². The Morgan fingerprint density at radius 3 is 2.39 bits per heavy atom. The number of hydrogen-bond acceptors (Lipinski definition) is 3. The van der Waals surface area contributed by atoms with Crippen LogP contribution in [-0.2, 0) is 21.7 Å². The van der Waals surface area contributed by atoms with Gasteiger partial charge in [0, 0.05) is 25.2 Å². The van der Waals surface area contributed by atoms with Crippen molar-refractivity contribution in [3.8, 4) is 0 Å². The zero-order valence-electron chi connectivity index (χ0n) is 17.4. The summed E-state index contributed by atoms with van der Waals surface area (Å²) in [6.07, 6.45) is 1.72. The van der Waals surface area contributed by atoms with Gasteiger partial charge in [0.1, 0.15) is 11.4 Å². The normalized spacial score (nSPS) is 15.6. The van der Waals surface area contributed by atoms with Crippen LogP contribution in [0.4, 0.5) is 10.1 Å². The maximum absolute atomic E-state index is 15.0. The first kappa shape index (κ1) is 20.5. The van der Waals surface area contributed by atoms with Crippen LogP contribution in [0.15, 0.2) is 35.3 Å². The molecule has 2 aromatic carbocycles. The third-order valence-electron chi connectivity index (χ3n) is 5.14. The Bertz CT molecular complexity index is 855. The topological polar surface area (TPSA) is 34.1 Å². The van der Waals surface area contributed by atoms with E-state index in [-0.39, 0.29) is 5.82 Å². The summed E-state index contributed by atoms with van der Waals surface area (Å²) in [7, 11) is 1.94. The highest BCUT2D eigenvalue weighted by Crippen LogP contribution is 2.38. The van der Waals surface area contributed by atoms with E-state index < -0.39 is 5.60 Å². The first-order valence-corrected chi connectivity index (χ1v) is 9.67. The fourth-order valence-corrected chi connectivity index (χ4v) is 3.38. The van der Waals surface area contributed by atoms with Gasteiger partial charge in [0.15, 0.2) is 0 Å². The Morgan fingerprint density at radius 1 is 1.14 bits per heavy atom. The maximum Gasteiger partial charge on any atom is 0.143 e. The van der Waals surface area contributed by atoms with E-state index in [4.69, 9.17) is 9.47 Å². The molecule has 0 N–H and O–H groups in total. The van der Waals surface area contributed by atoms with Crippen molar-refractivity contribution in [3.63, 3.8) is 0 Å². The average molecular weight is 384 g/mol. The highest BCUT2D eigenvalue weighted by molar-refractivity contribution is 5.63. The Morgan fingerprint density at radius 2 is 1.82 bits per heavy atom. The molecule has 1 fully saturated rings. The third-order valence-corrected chi connectivity index (χ3v) is 5.14. The van der Waals surface area contributed by atoms with Crippen molar-refractivity contribution in [3.05, 3.63) is 64.0 Å². The second kappa shape index (κ2) is 8.41. The fourth-order valence-electron chi connectivity index (χ4n) is 3.38. The minimum Gasteiger partial charge on any atom is -0.375 e. The molecule has 0 spiro atoms. The summed E-state index contributed by atoms with van der Waals surface area (Å²) in [6, 6.07) is 9.67. The zero-order chi connectivity index (χ0) is 20.3. The van der Waals surface area contributed by atoms with Gasteiger partial charge in [-0.1, -0.05) is 29.3 Å². The molecular formula is C23H29FN2O2. The lowest BCUT2D eigenvalue weighted by atomic mass is 9.89. The Hall–Kier alpha value is -2.24.